The van der Waals surface area contributed by atoms with E-state index < -0.39 is 0 Å². The molecule has 2 aromatic rings. The number of rotatable bonds is 3. The van der Waals surface area contributed by atoms with E-state index in [9.17, 15) is 5.11 Å². The summed E-state index contributed by atoms with van der Waals surface area (Å²) in [4.78, 5) is 0. The summed E-state index contributed by atoms with van der Waals surface area (Å²) in [5.41, 5.74) is 1.09. The first kappa shape index (κ1) is 9.40. The molecule has 0 saturated heterocycles. The Kier molecular flexibility index (Phi) is 2.37. The van der Waals surface area contributed by atoms with Gasteiger partial charge in [0.25, 0.3) is 0 Å². The van der Waals surface area contributed by atoms with E-state index in [2.05, 4.69) is 23.5 Å². The third-order valence-corrected chi connectivity index (χ3v) is 3.27. The van der Waals surface area contributed by atoms with Gasteiger partial charge in [0.15, 0.2) is 5.06 Å². The lowest BCUT2D eigenvalue weighted by Gasteiger charge is -2.22. The van der Waals surface area contributed by atoms with Gasteiger partial charge in [-0.1, -0.05) is 11.3 Å². The van der Waals surface area contributed by atoms with Crippen LogP contribution in [-0.2, 0) is 0 Å². The predicted octanol–water partition coefficient (Wildman–Crippen LogP) is 2.39. The molecule has 2 aromatic heterocycles. The zero-order chi connectivity index (χ0) is 10.1. The fourth-order valence-electron chi connectivity index (χ4n) is 1.67. The number of nitrogens with zero attached hydrogens (tertiary/aromatic N) is 2. The minimum Gasteiger partial charge on any atom is -0.499 e. The average Bonchev–Trinajstić information content (AvgIpc) is 2.68. The molecule has 0 spiro atoms. The lowest BCUT2D eigenvalue weighted by atomic mass is 10.5. The second kappa shape index (κ2) is 3.53. The number of aromatic nitrogens is 1. The van der Waals surface area contributed by atoms with Gasteiger partial charge in [-0.05, 0) is 19.9 Å². The quantitative estimate of drug-likeness (QED) is 0.842. The largest absolute Gasteiger partial charge is 0.499 e. The van der Waals surface area contributed by atoms with E-state index in [-0.39, 0.29) is 0 Å². The molecule has 0 aromatic carbocycles. The molecule has 3 nitrogen and oxygen atoms in total. The van der Waals surface area contributed by atoms with Crippen LogP contribution in [0.1, 0.15) is 13.8 Å². The van der Waals surface area contributed by atoms with Crippen LogP contribution in [0.15, 0.2) is 18.3 Å². The van der Waals surface area contributed by atoms with Crippen molar-refractivity contribution in [1.82, 2.24) is 4.68 Å². The van der Waals surface area contributed by atoms with Gasteiger partial charge >= 0.3 is 0 Å². The molecule has 0 atom stereocenters. The summed E-state index contributed by atoms with van der Waals surface area (Å²) >= 11 is 1.42. The van der Waals surface area contributed by atoms with Crippen molar-refractivity contribution in [2.75, 3.05) is 18.1 Å². The van der Waals surface area contributed by atoms with Crippen LogP contribution < -0.4 is 5.01 Å². The molecule has 0 bridgehead atoms. The summed E-state index contributed by atoms with van der Waals surface area (Å²) < 4.78 is 3.24. The van der Waals surface area contributed by atoms with Crippen LogP contribution in [0.25, 0.3) is 10.2 Å². The average molecular weight is 210 g/mol. The van der Waals surface area contributed by atoms with E-state index in [0.29, 0.717) is 5.06 Å². The van der Waals surface area contributed by atoms with Crippen LogP contribution in [0, 0.1) is 0 Å². The Morgan fingerprint density at radius 2 is 2.14 bits per heavy atom. The van der Waals surface area contributed by atoms with Gasteiger partial charge in [-0.25, -0.2) is 0 Å². The van der Waals surface area contributed by atoms with Crippen LogP contribution in [0.5, 0.6) is 5.06 Å². The van der Waals surface area contributed by atoms with Crippen LogP contribution in [-0.4, -0.2) is 22.9 Å². The fourth-order valence-corrected chi connectivity index (χ4v) is 2.46. The summed E-state index contributed by atoms with van der Waals surface area (Å²) in [6.45, 7) is 6.19. The third kappa shape index (κ3) is 1.35. The van der Waals surface area contributed by atoms with Crippen LogP contribution in [0.3, 0.4) is 0 Å². The standard InChI is InChI=1S/C10H14N2OS/c1-3-11(4-2)12-6-5-9-8(12)7-10(13)14-9/h5-7,13H,3-4H2,1-2H3. The molecule has 0 amide bonds. The van der Waals surface area contributed by atoms with Crippen LogP contribution in [0.2, 0.25) is 0 Å². The van der Waals surface area contributed by atoms with Crippen molar-refractivity contribution in [2.24, 2.45) is 0 Å². The molecular weight excluding hydrogens is 196 g/mol. The van der Waals surface area contributed by atoms with Gasteiger partial charge in [-0.2, -0.15) is 0 Å². The summed E-state index contributed by atoms with van der Waals surface area (Å²) in [5.74, 6) is 0. The Morgan fingerprint density at radius 1 is 1.43 bits per heavy atom. The SMILES string of the molecule is CCN(CC)n1ccc2sc(O)cc21. The Labute approximate surface area is 87.2 Å². The maximum atomic E-state index is 9.38. The molecule has 0 saturated carbocycles. The monoisotopic (exact) mass is 210 g/mol. The van der Waals surface area contributed by atoms with E-state index in [1.54, 1.807) is 0 Å². The minimum atomic E-state index is 0.386. The molecule has 0 radical (unpaired) electrons. The topological polar surface area (TPSA) is 28.4 Å². The van der Waals surface area contributed by atoms with E-state index in [1.807, 2.05) is 18.3 Å². The molecule has 4 heteroatoms. The summed E-state index contributed by atoms with van der Waals surface area (Å²) in [6.07, 6.45) is 2.05. The summed E-state index contributed by atoms with van der Waals surface area (Å²) in [5, 5.41) is 12.0. The molecule has 0 aliphatic carbocycles. The number of hydrogen-bond acceptors (Lipinski definition) is 3. The minimum absolute atomic E-state index is 0.386. The van der Waals surface area contributed by atoms with Crippen molar-refractivity contribution in [2.45, 2.75) is 13.8 Å². The zero-order valence-corrected chi connectivity index (χ0v) is 9.21. The summed E-state index contributed by atoms with van der Waals surface area (Å²) in [7, 11) is 0. The van der Waals surface area contributed by atoms with Crippen molar-refractivity contribution in [3.63, 3.8) is 0 Å². The fraction of sp³-hybridized carbons (Fsp3) is 0.400. The molecule has 0 aliphatic rings. The van der Waals surface area contributed by atoms with E-state index in [1.165, 1.54) is 11.3 Å². The Bertz CT molecular complexity index is 428. The Hall–Kier alpha value is -1.16. The normalized spacial score (nSPS) is 11.0. The molecule has 0 fully saturated rings. The number of hydrogen-bond donors (Lipinski definition) is 1. The molecular formula is C10H14N2OS. The van der Waals surface area contributed by atoms with Crippen molar-refractivity contribution >= 4 is 21.6 Å². The molecule has 0 unspecified atom stereocenters. The highest BCUT2D eigenvalue weighted by Crippen LogP contribution is 2.31. The van der Waals surface area contributed by atoms with E-state index in [4.69, 9.17) is 0 Å². The maximum absolute atomic E-state index is 9.38. The molecule has 2 rings (SSSR count). The van der Waals surface area contributed by atoms with Gasteiger partial charge in [0.05, 0.1) is 10.2 Å². The summed E-state index contributed by atoms with van der Waals surface area (Å²) in [6, 6.07) is 3.86. The number of aromatic hydroxyl groups is 1. The smallest absolute Gasteiger partial charge is 0.173 e. The highest BCUT2D eigenvalue weighted by atomic mass is 32.1. The second-order valence-corrected chi connectivity index (χ2v) is 4.20. The van der Waals surface area contributed by atoms with E-state index in [0.717, 1.165) is 23.3 Å². The Balaban J connectivity index is 2.50. The Morgan fingerprint density at radius 3 is 2.79 bits per heavy atom. The van der Waals surface area contributed by atoms with Crippen molar-refractivity contribution in [1.29, 1.82) is 0 Å². The molecule has 2 heterocycles. The van der Waals surface area contributed by atoms with Crippen molar-refractivity contribution < 1.29 is 5.11 Å². The van der Waals surface area contributed by atoms with Gasteiger partial charge in [-0.15, -0.1) is 0 Å². The lowest BCUT2D eigenvalue weighted by Crippen LogP contribution is -2.33. The first-order valence-corrected chi connectivity index (χ1v) is 5.63. The molecule has 76 valence electrons. The highest BCUT2D eigenvalue weighted by Gasteiger charge is 2.08. The van der Waals surface area contributed by atoms with Crippen molar-refractivity contribution in [3.8, 4) is 5.06 Å². The predicted molar refractivity (Wildman–Crippen MR) is 60.8 cm³/mol. The lowest BCUT2D eigenvalue weighted by molar-refractivity contribution is 0.491. The van der Waals surface area contributed by atoms with Crippen LogP contribution >= 0.6 is 11.3 Å². The second-order valence-electron chi connectivity index (χ2n) is 3.13. The van der Waals surface area contributed by atoms with Crippen LogP contribution in [0.4, 0.5) is 0 Å². The van der Waals surface area contributed by atoms with Gasteiger partial charge in [0.2, 0.25) is 0 Å². The molecule has 0 aliphatic heterocycles. The first-order valence-electron chi connectivity index (χ1n) is 4.81. The first-order chi connectivity index (χ1) is 6.76. The molecule has 14 heavy (non-hydrogen) atoms. The van der Waals surface area contributed by atoms with Gasteiger partial charge < -0.3 is 10.1 Å². The third-order valence-electron chi connectivity index (χ3n) is 2.38. The zero-order valence-electron chi connectivity index (χ0n) is 8.40. The number of thiophene rings is 1. The number of fused-ring (bicyclic) bond motifs is 1. The van der Waals surface area contributed by atoms with Gasteiger partial charge in [0, 0.05) is 25.4 Å². The molecule has 1 N–H and O–H groups in total. The highest BCUT2D eigenvalue weighted by molar-refractivity contribution is 7.20. The maximum Gasteiger partial charge on any atom is 0.173 e. The van der Waals surface area contributed by atoms with E-state index >= 15 is 0 Å². The van der Waals surface area contributed by atoms with Crippen molar-refractivity contribution in [3.05, 3.63) is 18.3 Å². The van der Waals surface area contributed by atoms with Gasteiger partial charge in [0.1, 0.15) is 0 Å². The van der Waals surface area contributed by atoms with Gasteiger partial charge in [-0.3, -0.25) is 4.68 Å².